The van der Waals surface area contributed by atoms with Gasteiger partial charge in [0.2, 0.25) is 18.3 Å². The number of terminal acetylenes is 1. The molecule has 1 aliphatic rings. The van der Waals surface area contributed by atoms with Gasteiger partial charge in [0.1, 0.15) is 18.1 Å². The number of nitrogens with one attached hydrogen (secondary N) is 2. The Labute approximate surface area is 162 Å². The van der Waals surface area contributed by atoms with Crippen molar-refractivity contribution in [1.29, 1.82) is 0 Å². The van der Waals surface area contributed by atoms with Crippen LogP contribution in [-0.4, -0.2) is 54.4 Å². The van der Waals surface area contributed by atoms with Crippen molar-refractivity contribution in [2.45, 2.75) is 51.6 Å². The Morgan fingerprint density at radius 1 is 1.57 bits per heavy atom. The van der Waals surface area contributed by atoms with E-state index in [0.717, 1.165) is 11.3 Å². The van der Waals surface area contributed by atoms with Gasteiger partial charge in [-0.05, 0) is 6.42 Å². The van der Waals surface area contributed by atoms with Crippen molar-refractivity contribution in [1.82, 2.24) is 9.97 Å². The van der Waals surface area contributed by atoms with Crippen molar-refractivity contribution in [2.75, 3.05) is 28.7 Å². The first kappa shape index (κ1) is 21.4. The molecule has 1 aliphatic heterocycles. The van der Waals surface area contributed by atoms with Crippen molar-refractivity contribution in [3.8, 4) is 12.3 Å². The van der Waals surface area contributed by atoms with E-state index < -0.39 is 30.0 Å². The highest BCUT2D eigenvalue weighted by molar-refractivity contribution is 5.88. The van der Waals surface area contributed by atoms with Crippen LogP contribution in [0.3, 0.4) is 0 Å². The summed E-state index contributed by atoms with van der Waals surface area (Å²) in [5.41, 5.74) is -0.602. The van der Waals surface area contributed by atoms with Crippen molar-refractivity contribution < 1.29 is 18.7 Å². The Morgan fingerprint density at radius 3 is 2.86 bits per heavy atom. The van der Waals surface area contributed by atoms with Crippen LogP contribution in [0.2, 0.25) is 0 Å². The molecule has 28 heavy (non-hydrogen) atoms. The van der Waals surface area contributed by atoms with Gasteiger partial charge in [0.15, 0.2) is 5.82 Å². The predicted molar refractivity (Wildman–Crippen MR) is 103 cm³/mol. The standard InChI is InChI=1S/C18H24FN5O4/c1-5-7-13-12(19)9-14(28-13)24(10-25)16-15(23(4)8-6-2)17(27)22-18(21-16)20-11(3)26/h2,10,12-14H,5,7-9H2,1,3-4H3,(H2,20,21,22,26,27). The fourth-order valence-corrected chi connectivity index (χ4v) is 3.07. The van der Waals surface area contributed by atoms with Crippen LogP contribution < -0.4 is 20.7 Å². The number of carbonyl (C=O) groups excluding carboxylic acids is 2. The number of H-pyrrole nitrogens is 1. The minimum Gasteiger partial charge on any atom is -0.356 e. The molecule has 2 amide bonds. The van der Waals surface area contributed by atoms with E-state index in [1.165, 1.54) is 11.8 Å². The van der Waals surface area contributed by atoms with Gasteiger partial charge in [-0.1, -0.05) is 19.3 Å². The summed E-state index contributed by atoms with van der Waals surface area (Å²) in [5, 5.41) is 2.37. The molecule has 3 unspecified atom stereocenters. The van der Waals surface area contributed by atoms with Crippen LogP contribution in [-0.2, 0) is 14.3 Å². The first-order valence-corrected chi connectivity index (χ1v) is 8.92. The van der Waals surface area contributed by atoms with E-state index in [1.54, 1.807) is 7.05 Å². The number of aromatic nitrogens is 2. The SMILES string of the molecule is C#CCN(C)c1c(N(C=O)C2CC(F)C(CCC)O2)nc(NC(C)=O)[nH]c1=O. The molecule has 3 atom stereocenters. The van der Waals surface area contributed by atoms with Crippen LogP contribution >= 0.6 is 0 Å². The maximum Gasteiger partial charge on any atom is 0.278 e. The van der Waals surface area contributed by atoms with E-state index in [2.05, 4.69) is 21.2 Å². The lowest BCUT2D eigenvalue weighted by Gasteiger charge is -2.28. The lowest BCUT2D eigenvalue weighted by Crippen LogP contribution is -2.39. The number of halogens is 1. The molecule has 1 fully saturated rings. The van der Waals surface area contributed by atoms with Gasteiger partial charge >= 0.3 is 0 Å². The number of nitrogens with zero attached hydrogens (tertiary/aromatic N) is 3. The molecule has 10 heteroatoms. The number of hydrogen-bond donors (Lipinski definition) is 2. The molecule has 0 radical (unpaired) electrons. The molecule has 152 valence electrons. The second-order valence-corrected chi connectivity index (χ2v) is 6.51. The van der Waals surface area contributed by atoms with Gasteiger partial charge < -0.3 is 9.64 Å². The van der Waals surface area contributed by atoms with Gasteiger partial charge in [-0.2, -0.15) is 4.98 Å². The van der Waals surface area contributed by atoms with Crippen molar-refractivity contribution in [3.63, 3.8) is 0 Å². The van der Waals surface area contributed by atoms with E-state index >= 15 is 0 Å². The quantitative estimate of drug-likeness (QED) is 0.504. The Balaban J connectivity index is 2.50. The van der Waals surface area contributed by atoms with E-state index in [9.17, 15) is 18.8 Å². The van der Waals surface area contributed by atoms with E-state index in [0.29, 0.717) is 12.8 Å². The van der Waals surface area contributed by atoms with Crippen LogP contribution in [0.25, 0.3) is 0 Å². The molecule has 0 spiro atoms. The monoisotopic (exact) mass is 393 g/mol. The number of anilines is 3. The van der Waals surface area contributed by atoms with E-state index in [4.69, 9.17) is 11.2 Å². The smallest absolute Gasteiger partial charge is 0.278 e. The number of rotatable bonds is 8. The van der Waals surface area contributed by atoms with Crippen LogP contribution in [0.5, 0.6) is 0 Å². The fourth-order valence-electron chi connectivity index (χ4n) is 3.07. The zero-order valence-corrected chi connectivity index (χ0v) is 16.1. The molecule has 2 N–H and O–H groups in total. The molecule has 2 rings (SSSR count). The Morgan fingerprint density at radius 2 is 2.29 bits per heavy atom. The summed E-state index contributed by atoms with van der Waals surface area (Å²) in [6, 6.07) is 0. The van der Waals surface area contributed by atoms with Gasteiger partial charge in [-0.25, -0.2) is 4.39 Å². The maximum atomic E-state index is 14.3. The first-order valence-electron chi connectivity index (χ1n) is 8.92. The van der Waals surface area contributed by atoms with E-state index in [-0.39, 0.29) is 30.4 Å². The molecular formula is C18H24FN5O4. The Kier molecular flexibility index (Phi) is 7.12. The average molecular weight is 393 g/mol. The number of ether oxygens (including phenoxy) is 1. The molecule has 1 aromatic heterocycles. The molecule has 0 aliphatic carbocycles. The predicted octanol–water partition coefficient (Wildman–Crippen LogP) is 1.01. The highest BCUT2D eigenvalue weighted by atomic mass is 19.1. The van der Waals surface area contributed by atoms with Gasteiger partial charge in [0.25, 0.3) is 5.56 Å². The van der Waals surface area contributed by atoms with Crippen molar-refractivity contribution >= 4 is 29.8 Å². The van der Waals surface area contributed by atoms with Gasteiger partial charge in [-0.3, -0.25) is 29.6 Å². The Bertz CT molecular complexity index is 821. The van der Waals surface area contributed by atoms with Gasteiger partial charge in [0.05, 0.1) is 12.6 Å². The summed E-state index contributed by atoms with van der Waals surface area (Å²) in [6.07, 6.45) is 4.13. The van der Waals surface area contributed by atoms with Crippen LogP contribution in [0.1, 0.15) is 33.1 Å². The van der Waals surface area contributed by atoms with Gasteiger partial charge in [0, 0.05) is 20.4 Å². The molecule has 2 heterocycles. The zero-order valence-electron chi connectivity index (χ0n) is 16.1. The molecule has 0 aromatic carbocycles. The highest BCUT2D eigenvalue weighted by Gasteiger charge is 2.39. The summed E-state index contributed by atoms with van der Waals surface area (Å²) < 4.78 is 20.0. The lowest BCUT2D eigenvalue weighted by atomic mass is 10.1. The third-order valence-corrected chi connectivity index (χ3v) is 4.28. The lowest BCUT2D eigenvalue weighted by molar-refractivity contribution is -0.114. The number of hydrogen-bond acceptors (Lipinski definition) is 6. The molecule has 0 saturated carbocycles. The molecule has 9 nitrogen and oxygen atoms in total. The second-order valence-electron chi connectivity index (χ2n) is 6.51. The second kappa shape index (κ2) is 9.32. The fraction of sp³-hybridized carbons (Fsp3) is 0.556. The van der Waals surface area contributed by atoms with Crippen LogP contribution in [0.15, 0.2) is 4.79 Å². The highest BCUT2D eigenvalue weighted by Crippen LogP contribution is 2.33. The number of amides is 2. The molecular weight excluding hydrogens is 369 g/mol. The zero-order chi connectivity index (χ0) is 20.8. The van der Waals surface area contributed by atoms with Crippen LogP contribution in [0.4, 0.5) is 21.8 Å². The topological polar surface area (TPSA) is 108 Å². The first-order chi connectivity index (χ1) is 13.3. The molecule has 1 saturated heterocycles. The summed E-state index contributed by atoms with van der Waals surface area (Å²) in [6.45, 7) is 3.23. The number of aromatic amines is 1. The normalized spacial score (nSPS) is 21.0. The maximum absolute atomic E-state index is 14.3. The molecule has 1 aromatic rings. The van der Waals surface area contributed by atoms with Gasteiger partial charge in [-0.15, -0.1) is 6.42 Å². The van der Waals surface area contributed by atoms with Crippen molar-refractivity contribution in [2.24, 2.45) is 0 Å². The minimum absolute atomic E-state index is 0.0112. The summed E-state index contributed by atoms with van der Waals surface area (Å²) in [4.78, 5) is 44.9. The van der Waals surface area contributed by atoms with E-state index in [1.807, 2.05) is 6.92 Å². The van der Waals surface area contributed by atoms with Crippen molar-refractivity contribution in [3.05, 3.63) is 10.4 Å². The Hall–Kier alpha value is -2.93. The third kappa shape index (κ3) is 4.67. The average Bonchev–Trinajstić information content (AvgIpc) is 2.95. The summed E-state index contributed by atoms with van der Waals surface area (Å²) >= 11 is 0. The number of alkyl halides is 1. The largest absolute Gasteiger partial charge is 0.356 e. The molecule has 0 bridgehead atoms. The van der Waals surface area contributed by atoms with Crippen LogP contribution in [0, 0.1) is 12.3 Å². The summed E-state index contributed by atoms with van der Waals surface area (Å²) in [5.74, 6) is 1.73. The minimum atomic E-state index is -1.24. The summed E-state index contributed by atoms with van der Waals surface area (Å²) in [7, 11) is 1.56. The number of carbonyl (C=O) groups is 2. The third-order valence-electron chi connectivity index (χ3n) is 4.28.